The van der Waals surface area contributed by atoms with Crippen molar-refractivity contribution in [3.05, 3.63) is 70.6 Å². The summed E-state index contributed by atoms with van der Waals surface area (Å²) in [6, 6.07) is 12.2. The van der Waals surface area contributed by atoms with E-state index in [0.29, 0.717) is 28.7 Å². The molecule has 4 rings (SSSR count). The van der Waals surface area contributed by atoms with Gasteiger partial charge in [-0.05, 0) is 43.7 Å². The molecule has 0 bridgehead atoms. The molecule has 3 N–H and O–H groups in total. The molecule has 1 aliphatic rings. The van der Waals surface area contributed by atoms with Crippen molar-refractivity contribution in [2.75, 3.05) is 36.4 Å². The molecule has 0 aliphatic carbocycles. The fourth-order valence-corrected chi connectivity index (χ4v) is 3.84. The number of rotatable bonds is 7. The molecule has 3 aromatic rings. The van der Waals surface area contributed by atoms with E-state index < -0.39 is 5.82 Å². The lowest BCUT2D eigenvalue weighted by Crippen LogP contribution is -2.46. The first-order chi connectivity index (χ1) is 15.9. The zero-order valence-electron chi connectivity index (χ0n) is 18.7. The van der Waals surface area contributed by atoms with Gasteiger partial charge in [0.2, 0.25) is 5.95 Å². The number of halogens is 2. The number of piperazine rings is 1. The molecule has 2 heterocycles. The zero-order valence-corrected chi connectivity index (χ0v) is 19.5. The predicted octanol–water partition coefficient (Wildman–Crippen LogP) is 4.14. The summed E-state index contributed by atoms with van der Waals surface area (Å²) in [5.41, 5.74) is 2.61. The molecular formula is C24H28ClFN6O. The van der Waals surface area contributed by atoms with Gasteiger partial charge < -0.3 is 20.3 Å². The number of aromatic nitrogens is 2. The van der Waals surface area contributed by atoms with Gasteiger partial charge in [-0.3, -0.25) is 9.98 Å². The van der Waals surface area contributed by atoms with Crippen molar-refractivity contribution in [3.8, 4) is 5.75 Å². The summed E-state index contributed by atoms with van der Waals surface area (Å²) in [6.45, 7) is 7.47. The number of benzene rings is 2. The van der Waals surface area contributed by atoms with Gasteiger partial charge in [0, 0.05) is 43.0 Å². The maximum Gasteiger partial charge on any atom is 0.209 e. The van der Waals surface area contributed by atoms with E-state index in [9.17, 15) is 4.39 Å². The Morgan fingerprint density at radius 2 is 1.91 bits per heavy atom. The summed E-state index contributed by atoms with van der Waals surface area (Å²) < 4.78 is 21.8. The van der Waals surface area contributed by atoms with E-state index in [0.717, 1.165) is 37.4 Å². The fraction of sp³-hybridized carbons (Fsp3) is 0.333. The average Bonchev–Trinajstić information content (AvgIpc) is 2.80. The van der Waals surface area contributed by atoms with Crippen LogP contribution in [0.3, 0.4) is 0 Å². The molecule has 9 heteroatoms. The molecule has 1 fully saturated rings. The third kappa shape index (κ3) is 5.64. The second kappa shape index (κ2) is 10.2. The van der Waals surface area contributed by atoms with Crippen molar-refractivity contribution in [2.24, 2.45) is 0 Å². The molecule has 7 nitrogen and oxygen atoms in total. The highest BCUT2D eigenvalue weighted by Crippen LogP contribution is 2.25. The number of nitrogens with zero attached hydrogens (tertiary/aromatic N) is 3. The number of ether oxygens (including phenoxy) is 1. The Labute approximate surface area is 197 Å². The molecule has 0 saturated carbocycles. The normalized spacial score (nSPS) is 13.9. The SMILES string of the molecule is CC(C)Oc1ccc(Nc2ncc(N3CCNCC3)c(=N)n2Cc2ccc(Cl)cc2)cc1F. The minimum atomic E-state index is -0.457. The Bertz CT molecular complexity index is 1160. The van der Waals surface area contributed by atoms with Gasteiger partial charge >= 0.3 is 0 Å². The number of anilines is 3. The summed E-state index contributed by atoms with van der Waals surface area (Å²) in [5, 5.41) is 16.1. The number of hydrogen-bond donors (Lipinski definition) is 3. The van der Waals surface area contributed by atoms with Gasteiger partial charge in [-0.2, -0.15) is 0 Å². The van der Waals surface area contributed by atoms with Gasteiger partial charge in [-0.25, -0.2) is 9.37 Å². The predicted molar refractivity (Wildman–Crippen MR) is 129 cm³/mol. The molecular weight excluding hydrogens is 443 g/mol. The van der Waals surface area contributed by atoms with E-state index in [1.165, 1.54) is 6.07 Å². The highest BCUT2D eigenvalue weighted by Gasteiger charge is 2.17. The highest BCUT2D eigenvalue weighted by atomic mass is 35.5. The first kappa shape index (κ1) is 23.1. The van der Waals surface area contributed by atoms with Gasteiger partial charge in [0.1, 0.15) is 0 Å². The Hall–Kier alpha value is -3.10. The van der Waals surface area contributed by atoms with Gasteiger partial charge in [0.05, 0.1) is 24.5 Å². The third-order valence-electron chi connectivity index (χ3n) is 5.34. The van der Waals surface area contributed by atoms with Crippen LogP contribution >= 0.6 is 11.6 Å². The van der Waals surface area contributed by atoms with Crippen LogP contribution < -0.4 is 25.8 Å². The van der Waals surface area contributed by atoms with Crippen molar-refractivity contribution >= 4 is 28.9 Å². The van der Waals surface area contributed by atoms with Gasteiger partial charge in [0.15, 0.2) is 17.1 Å². The van der Waals surface area contributed by atoms with Crippen LogP contribution in [0.5, 0.6) is 5.75 Å². The average molecular weight is 471 g/mol. The number of nitrogens with one attached hydrogen (secondary N) is 3. The lowest BCUT2D eigenvalue weighted by atomic mass is 10.2. The topological polar surface area (TPSA) is 78.2 Å². The van der Waals surface area contributed by atoms with E-state index in [4.69, 9.17) is 21.7 Å². The Morgan fingerprint density at radius 3 is 2.58 bits per heavy atom. The molecule has 0 amide bonds. The van der Waals surface area contributed by atoms with E-state index in [-0.39, 0.29) is 11.9 Å². The van der Waals surface area contributed by atoms with E-state index in [1.807, 2.05) is 38.1 Å². The summed E-state index contributed by atoms with van der Waals surface area (Å²) in [5.74, 6) is 0.194. The van der Waals surface area contributed by atoms with E-state index in [2.05, 4.69) is 20.5 Å². The minimum absolute atomic E-state index is 0.120. The zero-order chi connectivity index (χ0) is 23.4. The van der Waals surface area contributed by atoms with Crippen LogP contribution in [0.2, 0.25) is 5.02 Å². The monoisotopic (exact) mass is 470 g/mol. The molecule has 2 aromatic carbocycles. The van der Waals surface area contributed by atoms with Crippen LogP contribution in [0, 0.1) is 11.2 Å². The molecule has 174 valence electrons. The maximum atomic E-state index is 14.5. The first-order valence-electron chi connectivity index (χ1n) is 11.0. The van der Waals surface area contributed by atoms with Crippen molar-refractivity contribution in [1.82, 2.24) is 14.9 Å². The molecule has 1 saturated heterocycles. The van der Waals surface area contributed by atoms with Crippen LogP contribution in [0.25, 0.3) is 0 Å². The van der Waals surface area contributed by atoms with Crippen LogP contribution in [0.4, 0.5) is 21.7 Å². The van der Waals surface area contributed by atoms with Crippen molar-refractivity contribution in [2.45, 2.75) is 26.5 Å². The molecule has 1 aromatic heterocycles. The first-order valence-corrected chi connectivity index (χ1v) is 11.4. The summed E-state index contributed by atoms with van der Waals surface area (Å²) in [6.07, 6.45) is 1.59. The maximum absolute atomic E-state index is 14.5. The molecule has 0 unspecified atom stereocenters. The van der Waals surface area contributed by atoms with Crippen molar-refractivity contribution in [3.63, 3.8) is 0 Å². The molecule has 0 spiro atoms. The van der Waals surface area contributed by atoms with Crippen LogP contribution in [-0.2, 0) is 6.54 Å². The molecule has 33 heavy (non-hydrogen) atoms. The lowest BCUT2D eigenvalue weighted by molar-refractivity contribution is 0.231. The third-order valence-corrected chi connectivity index (χ3v) is 5.59. The van der Waals surface area contributed by atoms with Gasteiger partial charge in [-0.15, -0.1) is 0 Å². The largest absolute Gasteiger partial charge is 0.488 e. The van der Waals surface area contributed by atoms with Crippen LogP contribution in [0.1, 0.15) is 19.4 Å². The van der Waals surface area contributed by atoms with Crippen molar-refractivity contribution < 1.29 is 9.13 Å². The van der Waals surface area contributed by atoms with Gasteiger partial charge in [-0.1, -0.05) is 23.7 Å². The lowest BCUT2D eigenvalue weighted by Gasteiger charge is -2.30. The van der Waals surface area contributed by atoms with Crippen LogP contribution in [-0.4, -0.2) is 41.8 Å². The van der Waals surface area contributed by atoms with Crippen molar-refractivity contribution in [1.29, 1.82) is 5.41 Å². The second-order valence-electron chi connectivity index (χ2n) is 8.20. The molecule has 1 aliphatic heterocycles. The van der Waals surface area contributed by atoms with E-state index >= 15 is 0 Å². The van der Waals surface area contributed by atoms with Gasteiger partial charge in [0.25, 0.3) is 0 Å². The Kier molecular flexibility index (Phi) is 7.15. The summed E-state index contributed by atoms with van der Waals surface area (Å²) in [4.78, 5) is 6.77. The summed E-state index contributed by atoms with van der Waals surface area (Å²) >= 11 is 6.04. The van der Waals surface area contributed by atoms with Crippen LogP contribution in [0.15, 0.2) is 48.7 Å². The second-order valence-corrected chi connectivity index (χ2v) is 8.64. The Morgan fingerprint density at radius 1 is 1.18 bits per heavy atom. The molecule has 0 radical (unpaired) electrons. The standard InChI is InChI=1S/C24H28ClFN6O/c1-16(2)33-22-8-7-19(13-20(22)26)30-24-29-14-21(31-11-9-28-10-12-31)23(27)32(24)15-17-3-5-18(25)6-4-17/h3-8,13-14,16,27-28H,9-12,15H2,1-2H3,(H,29,30). The van der Waals surface area contributed by atoms with E-state index in [1.54, 1.807) is 22.9 Å². The highest BCUT2D eigenvalue weighted by molar-refractivity contribution is 6.30. The Balaban J connectivity index is 1.68. The minimum Gasteiger partial charge on any atom is -0.488 e. The smallest absolute Gasteiger partial charge is 0.209 e. The number of hydrogen-bond acceptors (Lipinski definition) is 6. The quantitative estimate of drug-likeness (QED) is 0.483. The molecule has 0 atom stereocenters. The summed E-state index contributed by atoms with van der Waals surface area (Å²) in [7, 11) is 0. The fourth-order valence-electron chi connectivity index (χ4n) is 3.72.